The normalized spacial score (nSPS) is 11.1. The molecular weight excluding hydrogens is 2030 g/mol. The van der Waals surface area contributed by atoms with E-state index in [-0.39, 0.29) is 0 Å². The summed E-state index contributed by atoms with van der Waals surface area (Å²) in [5.74, 6) is 3.17. The van der Waals surface area contributed by atoms with Crippen LogP contribution in [0.2, 0.25) is 0 Å². The molecule has 20 aromatic rings. The minimum atomic E-state index is 0.719. The van der Waals surface area contributed by atoms with Crippen LogP contribution >= 0.6 is 28.3 Å². The molecule has 9 heterocycles. The number of para-hydroxylation sites is 4. The second kappa shape index (κ2) is 36.3. The minimum absolute atomic E-state index is 0.719. The smallest absolute Gasteiger partial charge is 0.143 e. The first-order valence-electron chi connectivity index (χ1n) is 36.3. The summed E-state index contributed by atoms with van der Waals surface area (Å²) >= 11 is 4.83. The van der Waals surface area contributed by atoms with Gasteiger partial charge in [-0.15, -0.1) is 53.9 Å². The number of halogens is 3. The van der Waals surface area contributed by atoms with Crippen LogP contribution in [-0.2, 0) is 56.3 Å². The molecular formula is C96H63Cl3N12OPt3. The predicted molar refractivity (Wildman–Crippen MR) is 454 cm³/mol. The van der Waals surface area contributed by atoms with Crippen LogP contribution in [0, 0.1) is 18.2 Å². The summed E-state index contributed by atoms with van der Waals surface area (Å²) in [5, 5.41) is 18.6. The van der Waals surface area contributed by atoms with Crippen molar-refractivity contribution in [3.63, 3.8) is 0 Å². The molecule has 0 radical (unpaired) electrons. The Morgan fingerprint density at radius 1 is 0.270 bits per heavy atom. The number of ether oxygens (including phenoxy) is 1. The number of anilines is 3. The molecule has 0 aliphatic carbocycles. The second-order valence-electron chi connectivity index (χ2n) is 26.3. The Labute approximate surface area is 710 Å². The number of fused-ring (bicyclic) bond motifs is 8. The molecule has 13 nitrogen and oxygen atoms in total. The number of hydrogen-bond acceptors (Lipinski definition) is 8. The standard InChI is InChI=1S/C32H21N4O.2C32H21N4.3ClH.3Pt/c1-2-8-23(9-3-1)24-13-15-25(16-14-24)26-21-34-35(22-26)27-17-18-31-29(20-27)36(32-12-6-7-19-33-32)28-10-4-5-11-30(28)37-31;1-2-8-23(9-3-1)24-15-17-25(18-16-24)26-21-34-35(22-26)27-10-6-11-28(20-27)36-31-14-5-4-12-29(31)30-13-7-19-33-32(30)36;1-2-8-23(9-3-1)24-13-15-25(16-14-24)26-21-34-35(22-26)27-17-18-29-28-10-4-5-11-30(28)36(31(29)20-27)32-12-6-7-19-33-32;;;;;;/h1-19,21-22H;2*1-19,21-22H;3*1H;;;/q3*-1;;;;3*+2/p-3. The van der Waals surface area contributed by atoms with Gasteiger partial charge in [0, 0.05) is 75.9 Å². The largest absolute Gasteiger partial charge is 0.513 e. The number of pyridine rings is 3. The third-order valence-corrected chi connectivity index (χ3v) is 19.7. The Balaban J connectivity index is 0.000000125. The summed E-state index contributed by atoms with van der Waals surface area (Å²) in [5.41, 5.74) is 23.1. The maximum absolute atomic E-state index is 6.21. The number of benzene rings is 12. The molecule has 8 aromatic heterocycles. The van der Waals surface area contributed by atoms with E-state index in [9.17, 15) is 0 Å². The predicted octanol–water partition coefficient (Wildman–Crippen LogP) is 25.0. The first-order valence-corrected chi connectivity index (χ1v) is 44.7. The number of nitrogens with zero attached hydrogens (tertiary/aromatic N) is 12. The summed E-state index contributed by atoms with van der Waals surface area (Å²) < 4.78 is 16.2. The van der Waals surface area contributed by atoms with Gasteiger partial charge in [-0.05, 0) is 139 Å². The van der Waals surface area contributed by atoms with Crippen molar-refractivity contribution in [1.82, 2.24) is 53.4 Å². The molecule has 1 aliphatic rings. The van der Waals surface area contributed by atoms with Crippen molar-refractivity contribution in [2.45, 2.75) is 0 Å². The number of rotatable bonds is 12. The first-order chi connectivity index (χ1) is 57.0. The molecule has 0 saturated carbocycles. The van der Waals surface area contributed by atoms with Gasteiger partial charge in [-0.2, -0.15) is 27.4 Å². The first kappa shape index (κ1) is 76.8. The maximum Gasteiger partial charge on any atom is 0.143 e. The maximum atomic E-state index is 6.21. The van der Waals surface area contributed by atoms with E-state index < -0.39 is 0 Å². The van der Waals surface area contributed by atoms with Gasteiger partial charge in [-0.25, -0.2) is 15.0 Å². The molecule has 0 amide bonds. The van der Waals surface area contributed by atoms with Crippen molar-refractivity contribution in [3.05, 3.63) is 402 Å². The van der Waals surface area contributed by atoms with E-state index >= 15 is 0 Å². The molecule has 0 bridgehead atoms. The summed E-state index contributed by atoms with van der Waals surface area (Å²) in [6.07, 6.45) is 17.3. The van der Waals surface area contributed by atoms with E-state index in [1.165, 1.54) is 44.2 Å². The van der Waals surface area contributed by atoms with Crippen LogP contribution in [0.4, 0.5) is 17.2 Å². The van der Waals surface area contributed by atoms with Crippen molar-refractivity contribution in [2.24, 2.45) is 0 Å². The SMILES string of the molecule is [Cl][Pt+].[Cl][Pt+].[Cl][Pt+].[c-]1c(-n2cc(-c3ccc(-c4ccccc4)cc3)cn2)ccc2c1N(c1ccccn1)c1ccccc1O2.[c-]1c(-n2cc(-c3ccc(-c4ccccc4)cc3)cn2)ccc2c3ccccc3n(-c3ccccn3)c12.[c-]1c(-n2cc(-c3ccc(-c4ccccc4)cc3)cn2)cccc1-n1c2ccccc2c2cccnc21. The number of aromatic nitrogens is 11. The van der Waals surface area contributed by atoms with Gasteiger partial charge in [0.15, 0.2) is 0 Å². The summed E-state index contributed by atoms with van der Waals surface area (Å²) in [7, 11) is 13.8. The molecule has 115 heavy (non-hydrogen) atoms. The fraction of sp³-hybridized carbons (Fsp3) is 0. The third kappa shape index (κ3) is 16.4. The Kier molecular flexibility index (Phi) is 24.3. The summed E-state index contributed by atoms with van der Waals surface area (Å²) in [6, 6.07) is 123. The molecule has 0 N–H and O–H groups in total. The van der Waals surface area contributed by atoms with Gasteiger partial charge in [-0.3, -0.25) is 14.0 Å². The number of hydrogen-bond donors (Lipinski definition) is 0. The Morgan fingerprint density at radius 3 is 1.19 bits per heavy atom. The Morgan fingerprint density at radius 2 is 0.670 bits per heavy atom. The van der Waals surface area contributed by atoms with Crippen LogP contribution in [0.1, 0.15) is 0 Å². The minimum Gasteiger partial charge on any atom is -0.513 e. The molecule has 21 rings (SSSR count). The molecule has 0 spiro atoms. The van der Waals surface area contributed by atoms with Crippen LogP contribution in [-0.4, -0.2) is 53.4 Å². The molecule has 564 valence electrons. The Bertz CT molecular complexity index is 6600. The fourth-order valence-corrected chi connectivity index (χ4v) is 14.3. The van der Waals surface area contributed by atoms with E-state index in [2.05, 4.69) is 317 Å². The van der Waals surface area contributed by atoms with Crippen molar-refractivity contribution in [1.29, 1.82) is 0 Å². The van der Waals surface area contributed by atoms with Crippen LogP contribution in [0.15, 0.2) is 383 Å². The van der Waals surface area contributed by atoms with Crippen molar-refractivity contribution in [3.8, 4) is 107 Å². The van der Waals surface area contributed by atoms with Gasteiger partial charge < -0.3 is 18.8 Å². The Hall–Kier alpha value is -12.1. The van der Waals surface area contributed by atoms with Crippen LogP contribution in [0.3, 0.4) is 0 Å². The monoisotopic (exact) mass is 2090 g/mol. The van der Waals surface area contributed by atoms with E-state index in [4.69, 9.17) is 9.72 Å². The van der Waals surface area contributed by atoms with E-state index in [1.807, 2.05) is 160 Å². The summed E-state index contributed by atoms with van der Waals surface area (Å²) in [6.45, 7) is 0. The van der Waals surface area contributed by atoms with E-state index in [0.29, 0.717) is 0 Å². The third-order valence-electron chi connectivity index (χ3n) is 19.7. The topological polar surface area (TPSA) is 114 Å². The van der Waals surface area contributed by atoms with E-state index in [0.717, 1.165) is 124 Å². The molecule has 12 aromatic carbocycles. The van der Waals surface area contributed by atoms with E-state index in [1.54, 1.807) is 62.5 Å². The molecule has 0 unspecified atom stereocenters. The van der Waals surface area contributed by atoms with Crippen molar-refractivity contribution in [2.75, 3.05) is 4.90 Å². The van der Waals surface area contributed by atoms with Gasteiger partial charge in [0.2, 0.25) is 0 Å². The van der Waals surface area contributed by atoms with Crippen molar-refractivity contribution < 1.29 is 61.1 Å². The molecule has 1 aliphatic heterocycles. The molecule has 0 fully saturated rings. The van der Waals surface area contributed by atoms with Crippen molar-refractivity contribution >= 4 is 89.2 Å². The van der Waals surface area contributed by atoms with Crippen LogP contribution < -0.4 is 9.64 Å². The zero-order valence-electron chi connectivity index (χ0n) is 60.7. The zero-order valence-corrected chi connectivity index (χ0v) is 69.8. The average Bonchev–Trinajstić information content (AvgIpc) is 1.72. The molecule has 19 heteroatoms. The molecule has 0 saturated heterocycles. The van der Waals surface area contributed by atoms with Gasteiger partial charge >= 0.3 is 84.6 Å². The van der Waals surface area contributed by atoms with Gasteiger partial charge in [0.05, 0.1) is 29.8 Å². The average molecular weight is 2090 g/mol. The fourth-order valence-electron chi connectivity index (χ4n) is 14.3. The summed E-state index contributed by atoms with van der Waals surface area (Å²) in [4.78, 5) is 16.0. The van der Waals surface area contributed by atoms with Gasteiger partial charge in [-0.1, -0.05) is 236 Å². The van der Waals surface area contributed by atoms with Gasteiger partial charge in [0.25, 0.3) is 0 Å². The quantitative estimate of drug-likeness (QED) is 0.111. The molecule has 0 atom stereocenters. The van der Waals surface area contributed by atoms with Crippen LogP contribution in [0.25, 0.3) is 139 Å². The van der Waals surface area contributed by atoms with Crippen LogP contribution in [0.5, 0.6) is 11.5 Å². The van der Waals surface area contributed by atoms with Gasteiger partial charge in [0.1, 0.15) is 23.0 Å². The second-order valence-corrected chi connectivity index (χ2v) is 26.3. The zero-order chi connectivity index (χ0) is 78.4.